The van der Waals surface area contributed by atoms with Gasteiger partial charge in [-0.1, -0.05) is 84.9 Å². The fourth-order valence-electron chi connectivity index (χ4n) is 3.02. The zero-order chi connectivity index (χ0) is 17.6. The molecule has 2 unspecified atom stereocenters. The molecule has 0 heterocycles. The Kier molecular flexibility index (Phi) is 5.26. The highest BCUT2D eigenvalue weighted by molar-refractivity contribution is 5.77. The number of aliphatic carboxylic acids is 1. The van der Waals surface area contributed by atoms with Crippen LogP contribution in [0.4, 0.5) is 0 Å². The van der Waals surface area contributed by atoms with Crippen LogP contribution in [-0.4, -0.2) is 22.3 Å². The highest BCUT2D eigenvalue weighted by Gasteiger charge is 2.28. The number of carbonyl (C=O) groups is 1. The molecule has 0 spiro atoms. The molecule has 0 bridgehead atoms. The van der Waals surface area contributed by atoms with Crippen LogP contribution in [0.15, 0.2) is 84.9 Å². The second-order valence-electron chi connectivity index (χ2n) is 6.06. The molecule has 3 heteroatoms. The van der Waals surface area contributed by atoms with E-state index in [1.165, 1.54) is 0 Å². The first-order valence-corrected chi connectivity index (χ1v) is 8.25. The molecular weight excluding hydrogens is 312 g/mol. The Hall–Kier alpha value is -2.91. The van der Waals surface area contributed by atoms with Crippen LogP contribution in [-0.2, 0) is 11.2 Å². The van der Waals surface area contributed by atoms with Gasteiger partial charge in [0.25, 0.3) is 0 Å². The topological polar surface area (TPSA) is 57.5 Å². The molecule has 3 nitrogen and oxygen atoms in total. The van der Waals surface area contributed by atoms with E-state index in [4.69, 9.17) is 0 Å². The molecule has 3 aromatic rings. The quantitative estimate of drug-likeness (QED) is 0.714. The van der Waals surface area contributed by atoms with Gasteiger partial charge in [-0.2, -0.15) is 0 Å². The van der Waals surface area contributed by atoms with E-state index in [0.717, 1.165) is 16.7 Å². The van der Waals surface area contributed by atoms with Crippen molar-refractivity contribution in [1.29, 1.82) is 0 Å². The summed E-state index contributed by atoms with van der Waals surface area (Å²) in [6.07, 6.45) is -0.680. The van der Waals surface area contributed by atoms with Crippen LogP contribution in [0.5, 0.6) is 0 Å². The molecule has 0 saturated carbocycles. The normalized spacial score (nSPS) is 13.2. The summed E-state index contributed by atoms with van der Waals surface area (Å²) in [6.45, 7) is 0. The lowest BCUT2D eigenvalue weighted by Gasteiger charge is -2.20. The van der Waals surface area contributed by atoms with Crippen LogP contribution in [0, 0.1) is 0 Å². The van der Waals surface area contributed by atoms with E-state index in [2.05, 4.69) is 0 Å². The predicted octanol–water partition coefficient (Wildman–Crippen LogP) is 4.13. The van der Waals surface area contributed by atoms with Crippen molar-refractivity contribution in [3.8, 4) is 11.1 Å². The Bertz CT molecular complexity index is 811. The van der Waals surface area contributed by atoms with Gasteiger partial charge in [0, 0.05) is 0 Å². The van der Waals surface area contributed by atoms with Gasteiger partial charge in [-0.3, -0.25) is 4.79 Å². The zero-order valence-corrected chi connectivity index (χ0v) is 13.7. The first-order chi connectivity index (χ1) is 12.1. The third kappa shape index (κ3) is 4.14. The third-order valence-corrected chi connectivity index (χ3v) is 4.32. The molecule has 3 rings (SSSR count). The van der Waals surface area contributed by atoms with E-state index in [-0.39, 0.29) is 0 Å². The van der Waals surface area contributed by atoms with Gasteiger partial charge in [0.05, 0.1) is 6.10 Å². The first-order valence-electron chi connectivity index (χ1n) is 8.25. The monoisotopic (exact) mass is 332 g/mol. The molecule has 0 fully saturated rings. The highest BCUT2D eigenvalue weighted by Crippen LogP contribution is 2.26. The molecule has 0 radical (unpaired) electrons. The van der Waals surface area contributed by atoms with Gasteiger partial charge in [0.2, 0.25) is 0 Å². The van der Waals surface area contributed by atoms with Crippen LogP contribution in [0.1, 0.15) is 17.0 Å². The summed E-state index contributed by atoms with van der Waals surface area (Å²) in [5.41, 5.74) is 3.62. The summed E-state index contributed by atoms with van der Waals surface area (Å²) < 4.78 is 0. The van der Waals surface area contributed by atoms with E-state index in [1.54, 1.807) is 12.1 Å². The Morgan fingerprint density at radius 2 is 1.28 bits per heavy atom. The van der Waals surface area contributed by atoms with Gasteiger partial charge in [0.1, 0.15) is 5.92 Å². The van der Waals surface area contributed by atoms with Gasteiger partial charge in [-0.15, -0.1) is 0 Å². The Balaban J connectivity index is 1.82. The standard InChI is InChI=1S/C22H20O3/c23-20(15-16-7-3-1-4-8-16)21(22(24)25)19-13-11-18(12-14-19)17-9-5-2-6-10-17/h1-14,20-21,23H,15H2,(H,24,25). The number of rotatable bonds is 6. The smallest absolute Gasteiger partial charge is 0.313 e. The number of carboxylic acids is 1. The minimum absolute atomic E-state index is 0.304. The van der Waals surface area contributed by atoms with E-state index >= 15 is 0 Å². The number of aliphatic hydroxyl groups is 1. The van der Waals surface area contributed by atoms with Gasteiger partial charge in [-0.05, 0) is 28.7 Å². The van der Waals surface area contributed by atoms with Crippen molar-refractivity contribution >= 4 is 5.97 Å². The number of hydrogen-bond acceptors (Lipinski definition) is 2. The largest absolute Gasteiger partial charge is 0.481 e. The van der Waals surface area contributed by atoms with Crippen LogP contribution in [0.2, 0.25) is 0 Å². The molecule has 2 N–H and O–H groups in total. The lowest BCUT2D eigenvalue weighted by Crippen LogP contribution is -2.28. The summed E-state index contributed by atoms with van der Waals surface area (Å²) >= 11 is 0. The maximum Gasteiger partial charge on any atom is 0.313 e. The van der Waals surface area contributed by atoms with Crippen LogP contribution >= 0.6 is 0 Å². The Labute approximate surface area is 147 Å². The Morgan fingerprint density at radius 1 is 0.760 bits per heavy atom. The molecule has 2 atom stereocenters. The molecule has 0 aliphatic rings. The maximum atomic E-state index is 11.7. The average Bonchev–Trinajstić information content (AvgIpc) is 2.64. The Morgan fingerprint density at radius 3 is 1.84 bits per heavy atom. The van der Waals surface area contributed by atoms with Gasteiger partial charge < -0.3 is 10.2 Å². The molecule has 0 aliphatic heterocycles. The summed E-state index contributed by atoms with van der Waals surface area (Å²) in [5, 5.41) is 20.1. The van der Waals surface area contributed by atoms with E-state index < -0.39 is 18.0 Å². The molecule has 126 valence electrons. The lowest BCUT2D eigenvalue weighted by atomic mass is 9.88. The highest BCUT2D eigenvalue weighted by atomic mass is 16.4. The lowest BCUT2D eigenvalue weighted by molar-refractivity contribution is -0.141. The molecule has 3 aromatic carbocycles. The average molecular weight is 332 g/mol. The summed E-state index contributed by atoms with van der Waals surface area (Å²) in [4.78, 5) is 11.7. The van der Waals surface area contributed by atoms with Crippen LogP contribution < -0.4 is 0 Å². The summed E-state index contributed by atoms with van der Waals surface area (Å²) in [7, 11) is 0. The van der Waals surface area contributed by atoms with Gasteiger partial charge in [-0.25, -0.2) is 0 Å². The number of aliphatic hydroxyl groups excluding tert-OH is 1. The minimum Gasteiger partial charge on any atom is -0.481 e. The van der Waals surface area contributed by atoms with Crippen molar-refractivity contribution in [2.45, 2.75) is 18.4 Å². The molecule has 25 heavy (non-hydrogen) atoms. The summed E-state index contributed by atoms with van der Waals surface area (Å²) in [5.74, 6) is -1.97. The molecular formula is C22H20O3. The second-order valence-corrected chi connectivity index (χ2v) is 6.06. The van der Waals surface area contributed by atoms with Crippen LogP contribution in [0.3, 0.4) is 0 Å². The predicted molar refractivity (Wildman–Crippen MR) is 98.4 cm³/mol. The SMILES string of the molecule is O=C(O)C(c1ccc(-c2ccccc2)cc1)C(O)Cc1ccccc1. The molecule has 0 aromatic heterocycles. The van der Waals surface area contributed by atoms with Crippen molar-refractivity contribution in [2.75, 3.05) is 0 Å². The second kappa shape index (κ2) is 7.77. The van der Waals surface area contributed by atoms with Gasteiger partial charge >= 0.3 is 5.97 Å². The van der Waals surface area contributed by atoms with E-state index in [1.807, 2.05) is 72.8 Å². The third-order valence-electron chi connectivity index (χ3n) is 4.32. The number of hydrogen-bond donors (Lipinski definition) is 2. The molecule has 0 saturated heterocycles. The fraction of sp³-hybridized carbons (Fsp3) is 0.136. The van der Waals surface area contributed by atoms with Crippen LogP contribution in [0.25, 0.3) is 11.1 Å². The van der Waals surface area contributed by atoms with Crippen molar-refractivity contribution in [1.82, 2.24) is 0 Å². The van der Waals surface area contributed by atoms with Crippen molar-refractivity contribution in [3.63, 3.8) is 0 Å². The minimum atomic E-state index is -1.02. The zero-order valence-electron chi connectivity index (χ0n) is 13.7. The van der Waals surface area contributed by atoms with Crippen molar-refractivity contribution < 1.29 is 15.0 Å². The fourth-order valence-corrected chi connectivity index (χ4v) is 3.02. The first kappa shape index (κ1) is 16.9. The van der Waals surface area contributed by atoms with Gasteiger partial charge in [0.15, 0.2) is 0 Å². The number of benzene rings is 3. The van der Waals surface area contributed by atoms with E-state index in [9.17, 15) is 15.0 Å². The summed E-state index contributed by atoms with van der Waals surface area (Å²) in [6, 6.07) is 26.7. The molecule has 0 aliphatic carbocycles. The molecule has 0 amide bonds. The van der Waals surface area contributed by atoms with E-state index in [0.29, 0.717) is 12.0 Å². The number of carboxylic acid groups (broad SMARTS) is 1. The maximum absolute atomic E-state index is 11.7. The van der Waals surface area contributed by atoms with Crippen molar-refractivity contribution in [2.24, 2.45) is 0 Å². The van der Waals surface area contributed by atoms with Crippen molar-refractivity contribution in [3.05, 3.63) is 96.1 Å².